The number of hydrogen-bond donors (Lipinski definition) is 1. The summed E-state index contributed by atoms with van der Waals surface area (Å²) in [7, 11) is -5.60. The summed E-state index contributed by atoms with van der Waals surface area (Å²) < 4.78 is 61.6. The lowest BCUT2D eigenvalue weighted by Gasteiger charge is -2.65. The van der Waals surface area contributed by atoms with Crippen molar-refractivity contribution in [3.05, 3.63) is 0 Å². The second kappa shape index (κ2) is 5.38. The van der Waals surface area contributed by atoms with Crippen molar-refractivity contribution in [1.82, 2.24) is 0 Å². The highest BCUT2D eigenvalue weighted by molar-refractivity contribution is 7.86. The lowest BCUT2D eigenvalue weighted by molar-refractivity contribution is -0.197. The Morgan fingerprint density at radius 2 is 1.68 bits per heavy atom. The second-order valence-electron chi connectivity index (χ2n) is 9.46. The van der Waals surface area contributed by atoms with Crippen LogP contribution in [-0.2, 0) is 19.6 Å². The lowest BCUT2D eigenvalue weighted by atomic mass is 9.39. The van der Waals surface area contributed by atoms with Gasteiger partial charge >= 0.3 is 21.3 Å². The van der Waals surface area contributed by atoms with Gasteiger partial charge in [0.25, 0.3) is 0 Å². The number of hydrogen-bond acceptors (Lipinski definition) is 4. The van der Waals surface area contributed by atoms with Gasteiger partial charge in [0.15, 0.2) is 6.61 Å². The van der Waals surface area contributed by atoms with E-state index < -0.39 is 33.4 Å². The molecular formula is C17H26F2O5S. The molecule has 4 fully saturated rings. The van der Waals surface area contributed by atoms with E-state index in [1.807, 2.05) is 0 Å². The van der Waals surface area contributed by atoms with Crippen LogP contribution in [0.4, 0.5) is 8.78 Å². The fourth-order valence-electron chi connectivity index (χ4n) is 5.76. The monoisotopic (exact) mass is 380 g/mol. The SMILES string of the molecule is CC(C)(C)C12CC3CC(CC(C(=O)OCC(F)(F)S(=O)(=O)O)(C3)C1)C2. The van der Waals surface area contributed by atoms with Gasteiger partial charge in [-0.3, -0.25) is 9.35 Å². The van der Waals surface area contributed by atoms with Crippen molar-refractivity contribution in [3.63, 3.8) is 0 Å². The molecule has 4 aliphatic carbocycles. The summed E-state index contributed by atoms with van der Waals surface area (Å²) in [4.78, 5) is 12.7. The molecule has 0 heterocycles. The summed E-state index contributed by atoms with van der Waals surface area (Å²) >= 11 is 0. The molecule has 0 spiro atoms. The number of rotatable bonds is 4. The zero-order valence-electron chi connectivity index (χ0n) is 14.8. The first-order valence-corrected chi connectivity index (χ1v) is 10.2. The number of halogens is 2. The Bertz CT molecular complexity index is 666. The van der Waals surface area contributed by atoms with Crippen molar-refractivity contribution in [2.75, 3.05) is 6.61 Å². The summed E-state index contributed by atoms with van der Waals surface area (Å²) in [5.41, 5.74) is -0.816. The van der Waals surface area contributed by atoms with E-state index in [0.717, 1.165) is 19.3 Å². The van der Waals surface area contributed by atoms with Crippen LogP contribution in [0.3, 0.4) is 0 Å². The zero-order valence-corrected chi connectivity index (χ0v) is 15.7. The maximum Gasteiger partial charge on any atom is 0.402 e. The quantitative estimate of drug-likeness (QED) is 0.595. The van der Waals surface area contributed by atoms with Gasteiger partial charge in [-0.15, -0.1) is 0 Å². The molecule has 4 saturated carbocycles. The van der Waals surface area contributed by atoms with Crippen LogP contribution in [0.5, 0.6) is 0 Å². The predicted molar refractivity (Wildman–Crippen MR) is 86.5 cm³/mol. The van der Waals surface area contributed by atoms with Gasteiger partial charge in [0.2, 0.25) is 0 Å². The molecule has 2 atom stereocenters. The van der Waals surface area contributed by atoms with E-state index in [1.54, 1.807) is 0 Å². The van der Waals surface area contributed by atoms with Crippen molar-refractivity contribution in [1.29, 1.82) is 0 Å². The van der Waals surface area contributed by atoms with Crippen LogP contribution in [0.15, 0.2) is 0 Å². The fraction of sp³-hybridized carbons (Fsp3) is 0.941. The third-order valence-electron chi connectivity index (χ3n) is 6.83. The number of alkyl halides is 2. The molecule has 8 heteroatoms. The van der Waals surface area contributed by atoms with Crippen molar-refractivity contribution in [2.24, 2.45) is 28.1 Å². The molecule has 0 amide bonds. The Labute approximate surface area is 147 Å². The first-order chi connectivity index (χ1) is 11.2. The second-order valence-corrected chi connectivity index (χ2v) is 11.0. The van der Waals surface area contributed by atoms with E-state index >= 15 is 0 Å². The van der Waals surface area contributed by atoms with E-state index in [2.05, 4.69) is 20.8 Å². The van der Waals surface area contributed by atoms with Gasteiger partial charge in [-0.25, -0.2) is 0 Å². The first-order valence-electron chi connectivity index (χ1n) is 8.72. The third-order valence-corrected chi connectivity index (χ3v) is 7.71. The highest BCUT2D eigenvalue weighted by Crippen LogP contribution is 2.70. The predicted octanol–water partition coefficient (Wildman–Crippen LogP) is 3.64. The normalized spacial score (nSPS) is 38.0. The van der Waals surface area contributed by atoms with Crippen LogP contribution in [0.2, 0.25) is 0 Å². The van der Waals surface area contributed by atoms with Gasteiger partial charge in [0.05, 0.1) is 5.41 Å². The minimum absolute atomic E-state index is 0.00529. The fourth-order valence-corrected chi connectivity index (χ4v) is 5.96. The number of esters is 1. The Hall–Kier alpha value is -0.760. The lowest BCUT2D eigenvalue weighted by Crippen LogP contribution is -2.59. The molecule has 0 aromatic rings. The van der Waals surface area contributed by atoms with Crippen molar-refractivity contribution in [3.8, 4) is 0 Å². The number of carbonyl (C=O) groups excluding carboxylic acids is 1. The Kier molecular flexibility index (Phi) is 4.09. The summed E-state index contributed by atoms with van der Waals surface area (Å²) in [6.45, 7) is 4.84. The molecule has 4 bridgehead atoms. The zero-order chi connectivity index (χ0) is 18.9. The molecule has 0 saturated heterocycles. The van der Waals surface area contributed by atoms with Crippen LogP contribution in [0, 0.1) is 28.1 Å². The molecule has 144 valence electrons. The van der Waals surface area contributed by atoms with Crippen LogP contribution in [-0.4, -0.2) is 30.8 Å². The highest BCUT2D eigenvalue weighted by atomic mass is 32.2. The van der Waals surface area contributed by atoms with Gasteiger partial charge in [-0.1, -0.05) is 20.8 Å². The minimum Gasteiger partial charge on any atom is -0.458 e. The van der Waals surface area contributed by atoms with Gasteiger partial charge in [-0.05, 0) is 61.2 Å². The van der Waals surface area contributed by atoms with Crippen LogP contribution < -0.4 is 0 Å². The maximum absolute atomic E-state index is 13.4. The average molecular weight is 380 g/mol. The molecule has 25 heavy (non-hydrogen) atoms. The Balaban J connectivity index is 1.81. The third kappa shape index (κ3) is 2.99. The van der Waals surface area contributed by atoms with Crippen LogP contribution in [0.1, 0.15) is 59.3 Å². The molecule has 5 nitrogen and oxygen atoms in total. The topological polar surface area (TPSA) is 80.7 Å². The Morgan fingerprint density at radius 1 is 1.16 bits per heavy atom. The van der Waals surface area contributed by atoms with Gasteiger partial charge in [-0.2, -0.15) is 17.2 Å². The molecule has 0 aromatic heterocycles. The van der Waals surface area contributed by atoms with E-state index in [0.29, 0.717) is 31.1 Å². The van der Waals surface area contributed by atoms with E-state index in [4.69, 9.17) is 9.29 Å². The van der Waals surface area contributed by atoms with E-state index in [9.17, 15) is 22.0 Å². The summed E-state index contributed by atoms with van der Waals surface area (Å²) in [5.74, 6) is 0.0313. The molecule has 4 aliphatic rings. The average Bonchev–Trinajstić information content (AvgIpc) is 2.41. The molecule has 0 aromatic carbocycles. The van der Waals surface area contributed by atoms with E-state index in [-0.39, 0.29) is 10.8 Å². The minimum atomic E-state index is -5.60. The van der Waals surface area contributed by atoms with Crippen molar-refractivity contribution >= 4 is 16.1 Å². The van der Waals surface area contributed by atoms with Gasteiger partial charge in [0.1, 0.15) is 0 Å². The van der Waals surface area contributed by atoms with Gasteiger partial charge in [0, 0.05) is 0 Å². The highest BCUT2D eigenvalue weighted by Gasteiger charge is 2.64. The summed E-state index contributed by atoms with van der Waals surface area (Å²) in [6.07, 6.45) is 5.00. The Morgan fingerprint density at radius 3 is 2.12 bits per heavy atom. The summed E-state index contributed by atoms with van der Waals surface area (Å²) in [6, 6.07) is 0. The van der Waals surface area contributed by atoms with Crippen molar-refractivity contribution in [2.45, 2.75) is 64.6 Å². The molecule has 2 unspecified atom stereocenters. The first kappa shape index (κ1) is 19.0. The van der Waals surface area contributed by atoms with Crippen LogP contribution >= 0.6 is 0 Å². The maximum atomic E-state index is 13.4. The molecular weight excluding hydrogens is 354 g/mol. The summed E-state index contributed by atoms with van der Waals surface area (Å²) in [5, 5.41) is -4.48. The smallest absolute Gasteiger partial charge is 0.402 e. The van der Waals surface area contributed by atoms with Crippen LogP contribution in [0.25, 0.3) is 0 Å². The number of carbonyl (C=O) groups is 1. The largest absolute Gasteiger partial charge is 0.458 e. The molecule has 0 radical (unpaired) electrons. The molecule has 1 N–H and O–H groups in total. The van der Waals surface area contributed by atoms with Gasteiger partial charge < -0.3 is 4.74 Å². The standard InChI is InChI=1S/C17H26F2O5S/c1-14(2,3)16-7-11-4-12(8-16)6-15(5-11,9-16)13(20)24-10-17(18,19)25(21,22)23/h11-12H,4-10H2,1-3H3,(H,21,22,23). The number of ether oxygens (including phenoxy) is 1. The molecule has 4 rings (SSSR count). The van der Waals surface area contributed by atoms with Crippen molar-refractivity contribution < 1.29 is 31.3 Å². The molecule has 0 aliphatic heterocycles. The van der Waals surface area contributed by atoms with E-state index in [1.165, 1.54) is 0 Å².